The van der Waals surface area contributed by atoms with Crippen LogP contribution in [0.2, 0.25) is 0 Å². The van der Waals surface area contributed by atoms with E-state index >= 15 is 0 Å². The number of aromatic nitrogens is 2. The Balaban J connectivity index is 2.52. The van der Waals surface area contributed by atoms with Crippen molar-refractivity contribution in [3.05, 3.63) is 11.8 Å². The Kier molecular flexibility index (Phi) is 2.87. The molecule has 1 saturated heterocycles. The Morgan fingerprint density at radius 1 is 1.56 bits per heavy atom. The van der Waals surface area contributed by atoms with Gasteiger partial charge in [0.05, 0.1) is 11.7 Å². The molecule has 1 aromatic heterocycles. The van der Waals surface area contributed by atoms with Gasteiger partial charge in [-0.3, -0.25) is 9.69 Å². The fourth-order valence-electron chi connectivity index (χ4n) is 2.11. The van der Waals surface area contributed by atoms with Gasteiger partial charge in [-0.1, -0.05) is 0 Å². The van der Waals surface area contributed by atoms with Gasteiger partial charge in [-0.15, -0.1) is 0 Å². The van der Waals surface area contributed by atoms with Gasteiger partial charge in [-0.2, -0.15) is 10.4 Å². The summed E-state index contributed by atoms with van der Waals surface area (Å²) in [5, 5.41) is 13.4. The van der Waals surface area contributed by atoms with Crippen molar-refractivity contribution in [1.82, 2.24) is 9.78 Å². The van der Waals surface area contributed by atoms with Gasteiger partial charge < -0.3 is 5.73 Å². The minimum absolute atomic E-state index is 0.0509. The van der Waals surface area contributed by atoms with E-state index in [9.17, 15) is 4.79 Å². The average Bonchev–Trinajstić information content (AvgIpc) is 2.79. The van der Waals surface area contributed by atoms with Crippen molar-refractivity contribution >= 4 is 11.7 Å². The molecule has 6 heteroatoms. The number of rotatable bonds is 1. The molecule has 1 unspecified atom stereocenters. The summed E-state index contributed by atoms with van der Waals surface area (Å²) in [4.78, 5) is 13.5. The summed E-state index contributed by atoms with van der Waals surface area (Å²) >= 11 is 0. The molecule has 1 atom stereocenters. The summed E-state index contributed by atoms with van der Waals surface area (Å²) in [5.41, 5.74) is 5.91. The SMILES string of the molecule is CC(C)(C)n1ncc(C#N)c1N1CC(N)CC1=O. The van der Waals surface area contributed by atoms with E-state index in [1.54, 1.807) is 9.58 Å². The highest BCUT2D eigenvalue weighted by Gasteiger charge is 2.34. The molecular formula is C12H17N5O. The first kappa shape index (κ1) is 12.6. The van der Waals surface area contributed by atoms with Gasteiger partial charge in [0.2, 0.25) is 5.91 Å². The largest absolute Gasteiger partial charge is 0.326 e. The van der Waals surface area contributed by atoms with Crippen LogP contribution in [0.25, 0.3) is 0 Å². The molecule has 96 valence electrons. The van der Waals surface area contributed by atoms with Crippen molar-refractivity contribution in [2.45, 2.75) is 38.8 Å². The van der Waals surface area contributed by atoms with E-state index < -0.39 is 0 Å². The van der Waals surface area contributed by atoms with Gasteiger partial charge in [0.1, 0.15) is 11.6 Å². The summed E-state index contributed by atoms with van der Waals surface area (Å²) in [7, 11) is 0. The zero-order valence-corrected chi connectivity index (χ0v) is 10.8. The number of carbonyl (C=O) groups excluding carboxylic acids is 1. The standard InChI is InChI=1S/C12H17N5O/c1-12(2,3)17-11(8(5-13)6-15-17)16-7-9(14)4-10(16)18/h6,9H,4,7,14H2,1-3H3. The molecule has 0 bridgehead atoms. The third kappa shape index (κ3) is 1.97. The van der Waals surface area contributed by atoms with Gasteiger partial charge in [0, 0.05) is 19.0 Å². The number of nitriles is 1. The normalized spacial score (nSPS) is 20.3. The van der Waals surface area contributed by atoms with Crippen LogP contribution < -0.4 is 10.6 Å². The Morgan fingerprint density at radius 2 is 2.22 bits per heavy atom. The molecular weight excluding hydrogens is 230 g/mol. The van der Waals surface area contributed by atoms with Crippen LogP contribution in [0.1, 0.15) is 32.8 Å². The molecule has 0 spiro atoms. The molecule has 2 heterocycles. The van der Waals surface area contributed by atoms with Gasteiger partial charge >= 0.3 is 0 Å². The molecule has 1 aliphatic heterocycles. The van der Waals surface area contributed by atoms with Crippen molar-refractivity contribution in [1.29, 1.82) is 5.26 Å². The number of anilines is 1. The minimum atomic E-state index is -0.294. The van der Waals surface area contributed by atoms with Crippen LogP contribution in [0.3, 0.4) is 0 Å². The second-order valence-corrected chi connectivity index (χ2v) is 5.54. The van der Waals surface area contributed by atoms with E-state index in [0.29, 0.717) is 24.3 Å². The Bertz CT molecular complexity index is 520. The molecule has 0 saturated carbocycles. The first-order valence-electron chi connectivity index (χ1n) is 5.89. The molecule has 1 aliphatic rings. The highest BCUT2D eigenvalue weighted by Crippen LogP contribution is 2.29. The topological polar surface area (TPSA) is 87.9 Å². The predicted octanol–water partition coefficient (Wildman–Crippen LogP) is 0.574. The van der Waals surface area contributed by atoms with Crippen molar-refractivity contribution in [3.8, 4) is 6.07 Å². The molecule has 0 aliphatic carbocycles. The Hall–Kier alpha value is -1.87. The average molecular weight is 247 g/mol. The molecule has 0 aromatic carbocycles. The van der Waals surface area contributed by atoms with Crippen LogP contribution in [0.4, 0.5) is 5.82 Å². The van der Waals surface area contributed by atoms with Gasteiger partial charge in [0.25, 0.3) is 0 Å². The lowest BCUT2D eigenvalue weighted by atomic mass is 10.1. The fourth-order valence-corrected chi connectivity index (χ4v) is 2.11. The molecule has 18 heavy (non-hydrogen) atoms. The lowest BCUT2D eigenvalue weighted by Crippen LogP contribution is -2.34. The Morgan fingerprint density at radius 3 is 2.67 bits per heavy atom. The molecule has 1 amide bonds. The Labute approximate surface area is 106 Å². The third-order valence-electron chi connectivity index (χ3n) is 2.91. The van der Waals surface area contributed by atoms with E-state index in [1.807, 2.05) is 20.8 Å². The maximum absolute atomic E-state index is 11.9. The van der Waals surface area contributed by atoms with Crippen molar-refractivity contribution in [2.75, 3.05) is 11.4 Å². The summed E-state index contributed by atoms with van der Waals surface area (Å²) in [5.74, 6) is 0.507. The van der Waals surface area contributed by atoms with Crippen LogP contribution >= 0.6 is 0 Å². The maximum atomic E-state index is 11.9. The molecule has 0 radical (unpaired) electrons. The molecule has 1 aromatic rings. The van der Waals surface area contributed by atoms with Crippen LogP contribution in [-0.4, -0.2) is 28.3 Å². The number of amides is 1. The van der Waals surface area contributed by atoms with Crippen molar-refractivity contribution < 1.29 is 4.79 Å². The lowest BCUT2D eigenvalue weighted by molar-refractivity contribution is -0.117. The highest BCUT2D eigenvalue weighted by molar-refractivity contribution is 5.96. The first-order valence-corrected chi connectivity index (χ1v) is 5.89. The van der Waals surface area contributed by atoms with Crippen molar-refractivity contribution in [3.63, 3.8) is 0 Å². The lowest BCUT2D eigenvalue weighted by Gasteiger charge is -2.26. The van der Waals surface area contributed by atoms with Crippen LogP contribution in [-0.2, 0) is 10.3 Å². The molecule has 2 rings (SSSR count). The highest BCUT2D eigenvalue weighted by atomic mass is 16.2. The number of hydrogen-bond donors (Lipinski definition) is 1. The molecule has 1 fully saturated rings. The van der Waals surface area contributed by atoms with Crippen LogP contribution in [0, 0.1) is 11.3 Å². The first-order chi connectivity index (χ1) is 8.34. The second-order valence-electron chi connectivity index (χ2n) is 5.54. The zero-order valence-electron chi connectivity index (χ0n) is 10.8. The third-order valence-corrected chi connectivity index (χ3v) is 2.91. The second kappa shape index (κ2) is 4.10. The van der Waals surface area contributed by atoms with Crippen LogP contribution in [0.15, 0.2) is 6.20 Å². The van der Waals surface area contributed by atoms with E-state index in [2.05, 4.69) is 11.2 Å². The van der Waals surface area contributed by atoms with E-state index in [1.165, 1.54) is 6.20 Å². The number of nitrogens with zero attached hydrogens (tertiary/aromatic N) is 4. The van der Waals surface area contributed by atoms with E-state index in [0.717, 1.165) is 0 Å². The number of hydrogen-bond acceptors (Lipinski definition) is 4. The number of carbonyl (C=O) groups is 1. The minimum Gasteiger partial charge on any atom is -0.326 e. The van der Waals surface area contributed by atoms with E-state index in [4.69, 9.17) is 11.0 Å². The van der Waals surface area contributed by atoms with E-state index in [-0.39, 0.29) is 17.5 Å². The van der Waals surface area contributed by atoms with Crippen LogP contribution in [0.5, 0.6) is 0 Å². The summed E-state index contributed by atoms with van der Waals surface area (Å²) in [6, 6.07) is 1.91. The molecule has 2 N–H and O–H groups in total. The molecule has 6 nitrogen and oxygen atoms in total. The van der Waals surface area contributed by atoms with Gasteiger partial charge in [-0.25, -0.2) is 4.68 Å². The summed E-state index contributed by atoms with van der Waals surface area (Å²) in [6.07, 6.45) is 1.82. The van der Waals surface area contributed by atoms with Gasteiger partial charge in [0.15, 0.2) is 5.82 Å². The predicted molar refractivity (Wildman–Crippen MR) is 66.9 cm³/mol. The maximum Gasteiger partial charge on any atom is 0.229 e. The smallest absolute Gasteiger partial charge is 0.229 e. The zero-order chi connectivity index (χ0) is 13.5. The monoisotopic (exact) mass is 247 g/mol. The summed E-state index contributed by atoms with van der Waals surface area (Å²) < 4.78 is 1.71. The summed E-state index contributed by atoms with van der Waals surface area (Å²) in [6.45, 7) is 6.37. The fraction of sp³-hybridized carbons (Fsp3) is 0.583. The number of nitrogens with two attached hydrogens (primary N) is 1. The van der Waals surface area contributed by atoms with Crippen molar-refractivity contribution in [2.24, 2.45) is 5.73 Å². The quantitative estimate of drug-likeness (QED) is 0.786. The van der Waals surface area contributed by atoms with Gasteiger partial charge in [-0.05, 0) is 20.8 Å².